The number of hydrogen-bond acceptors (Lipinski definition) is 3. The quantitative estimate of drug-likeness (QED) is 0.794. The van der Waals surface area contributed by atoms with Gasteiger partial charge in [0.05, 0.1) is 6.10 Å². The summed E-state index contributed by atoms with van der Waals surface area (Å²) in [4.78, 5) is 0. The molecule has 1 saturated heterocycles. The predicted octanol–water partition coefficient (Wildman–Crippen LogP) is 2.99. The molecule has 2 bridgehead atoms. The van der Waals surface area contributed by atoms with Crippen molar-refractivity contribution in [3.63, 3.8) is 0 Å². The Morgan fingerprint density at radius 1 is 1.09 bits per heavy atom. The smallest absolute Gasteiger partial charge is 0.254 e. The van der Waals surface area contributed by atoms with Crippen LogP contribution in [-0.4, -0.2) is 37.3 Å². The first-order valence-corrected chi connectivity index (χ1v) is 9.79. The van der Waals surface area contributed by atoms with E-state index in [0.29, 0.717) is 19.5 Å². The molecule has 6 heteroatoms. The van der Waals surface area contributed by atoms with Gasteiger partial charge in [0, 0.05) is 30.3 Å². The topological polar surface area (TPSA) is 46.6 Å². The summed E-state index contributed by atoms with van der Waals surface area (Å²) < 4.78 is 32.1. The van der Waals surface area contributed by atoms with Crippen LogP contribution in [0.4, 0.5) is 0 Å². The summed E-state index contributed by atoms with van der Waals surface area (Å²) in [7, 11) is -3.64. The van der Waals surface area contributed by atoms with Crippen molar-refractivity contribution in [2.45, 2.75) is 49.0 Å². The number of rotatable bonds is 3. The molecular formula is C16H20ClNO3S. The lowest BCUT2D eigenvalue weighted by atomic mass is 9.90. The highest BCUT2D eigenvalue weighted by atomic mass is 35.5. The molecule has 0 radical (unpaired) electrons. The van der Waals surface area contributed by atoms with Gasteiger partial charge in [-0.05, 0) is 30.4 Å². The van der Waals surface area contributed by atoms with Crippen molar-refractivity contribution in [2.24, 2.45) is 0 Å². The Morgan fingerprint density at radius 3 is 2.50 bits per heavy atom. The second-order valence-corrected chi connectivity index (χ2v) is 8.56. The van der Waals surface area contributed by atoms with Gasteiger partial charge in [0.2, 0.25) is 0 Å². The summed E-state index contributed by atoms with van der Waals surface area (Å²) >= 11 is 6.56. The van der Waals surface area contributed by atoms with Gasteiger partial charge in [-0.3, -0.25) is 4.18 Å². The highest BCUT2D eigenvalue weighted by Gasteiger charge is 2.53. The fourth-order valence-electron chi connectivity index (χ4n) is 4.21. The fourth-order valence-corrected chi connectivity index (χ4v) is 6.08. The van der Waals surface area contributed by atoms with Gasteiger partial charge in [0.15, 0.2) is 0 Å². The van der Waals surface area contributed by atoms with Crippen LogP contribution in [-0.2, 0) is 14.5 Å². The largest absolute Gasteiger partial charge is 0.338 e. The monoisotopic (exact) mass is 341 g/mol. The molecule has 120 valence electrons. The van der Waals surface area contributed by atoms with E-state index in [-0.39, 0.29) is 23.3 Å². The Bertz CT molecular complexity index is 672. The molecule has 4 nitrogen and oxygen atoms in total. The molecule has 0 N–H and O–H groups in total. The Morgan fingerprint density at radius 2 is 1.77 bits per heavy atom. The van der Waals surface area contributed by atoms with Crippen LogP contribution < -0.4 is 0 Å². The minimum atomic E-state index is -3.64. The van der Waals surface area contributed by atoms with E-state index in [0.717, 1.165) is 24.8 Å². The molecular weight excluding hydrogens is 322 g/mol. The second kappa shape index (κ2) is 5.48. The predicted molar refractivity (Wildman–Crippen MR) is 85.4 cm³/mol. The van der Waals surface area contributed by atoms with Crippen molar-refractivity contribution in [3.05, 3.63) is 35.4 Å². The normalized spacial score (nSPS) is 34.8. The number of alkyl halides is 1. The van der Waals surface area contributed by atoms with Gasteiger partial charge in [0.25, 0.3) is 0 Å². The number of halogens is 1. The summed E-state index contributed by atoms with van der Waals surface area (Å²) in [6, 6.07) is 8.16. The maximum atomic E-state index is 12.5. The van der Waals surface area contributed by atoms with Gasteiger partial charge >= 0.3 is 10.3 Å². The SMILES string of the molecule is O=S(=O)(OC1CC2c3ccccc3C1C2Cl)N1CCCCC1. The van der Waals surface area contributed by atoms with Crippen LogP contribution in [0.3, 0.4) is 0 Å². The van der Waals surface area contributed by atoms with E-state index < -0.39 is 10.3 Å². The van der Waals surface area contributed by atoms with Crippen LogP contribution in [0.5, 0.6) is 0 Å². The molecule has 1 heterocycles. The molecule has 4 rings (SSSR count). The first-order valence-electron chi connectivity index (χ1n) is 7.99. The average molecular weight is 342 g/mol. The summed E-state index contributed by atoms with van der Waals surface area (Å²) in [5.41, 5.74) is 2.43. The van der Waals surface area contributed by atoms with Crippen LogP contribution in [0.15, 0.2) is 24.3 Å². The van der Waals surface area contributed by atoms with E-state index in [2.05, 4.69) is 12.1 Å². The Kier molecular flexibility index (Phi) is 3.72. The van der Waals surface area contributed by atoms with E-state index in [9.17, 15) is 8.42 Å². The zero-order valence-electron chi connectivity index (χ0n) is 12.3. The molecule has 1 aliphatic heterocycles. The van der Waals surface area contributed by atoms with Gasteiger partial charge in [-0.2, -0.15) is 12.7 Å². The van der Waals surface area contributed by atoms with Crippen LogP contribution >= 0.6 is 11.6 Å². The highest BCUT2D eigenvalue weighted by Crippen LogP contribution is 2.56. The van der Waals surface area contributed by atoms with E-state index in [1.165, 1.54) is 9.87 Å². The third-order valence-electron chi connectivity index (χ3n) is 5.25. The molecule has 0 amide bonds. The maximum absolute atomic E-state index is 12.5. The van der Waals surface area contributed by atoms with Crippen LogP contribution in [0.1, 0.15) is 48.6 Å². The molecule has 0 aromatic heterocycles. The summed E-state index contributed by atoms with van der Waals surface area (Å²) in [6.45, 7) is 1.15. The Labute approximate surface area is 136 Å². The van der Waals surface area contributed by atoms with Gasteiger partial charge in [0.1, 0.15) is 0 Å². The van der Waals surface area contributed by atoms with Crippen molar-refractivity contribution >= 4 is 21.9 Å². The lowest BCUT2D eigenvalue weighted by Gasteiger charge is -2.29. The zero-order valence-corrected chi connectivity index (χ0v) is 13.9. The molecule has 1 aromatic carbocycles. The first kappa shape index (κ1) is 14.9. The number of piperidine rings is 1. The van der Waals surface area contributed by atoms with Crippen molar-refractivity contribution in [1.29, 1.82) is 0 Å². The molecule has 3 aliphatic rings. The lowest BCUT2D eigenvalue weighted by molar-refractivity contribution is 0.165. The van der Waals surface area contributed by atoms with Crippen molar-refractivity contribution in [1.82, 2.24) is 4.31 Å². The zero-order chi connectivity index (χ0) is 15.3. The molecule has 2 aliphatic carbocycles. The van der Waals surface area contributed by atoms with Gasteiger partial charge in [-0.1, -0.05) is 30.7 Å². The lowest BCUT2D eigenvalue weighted by Crippen LogP contribution is -2.39. The molecule has 2 fully saturated rings. The minimum absolute atomic E-state index is 0.0116. The van der Waals surface area contributed by atoms with Gasteiger partial charge in [-0.15, -0.1) is 11.6 Å². The number of fused-ring (bicyclic) bond motifs is 5. The number of benzene rings is 1. The summed E-state index contributed by atoms with van der Waals surface area (Å²) in [5, 5.41) is -0.0565. The molecule has 4 unspecified atom stereocenters. The molecule has 0 spiro atoms. The van der Waals surface area contributed by atoms with Crippen molar-refractivity contribution in [2.75, 3.05) is 13.1 Å². The summed E-state index contributed by atoms with van der Waals surface area (Å²) in [5.74, 6) is 0.201. The third kappa shape index (κ3) is 2.30. The Hall–Kier alpha value is -0.620. The standard InChI is InChI=1S/C16H20ClNO3S/c17-16-13-10-14(15(16)12-7-3-2-6-11(12)13)21-22(19,20)18-8-4-1-5-9-18/h2-3,6-7,13-16H,1,4-5,8-10H2. The molecule has 1 saturated carbocycles. The van der Waals surface area contributed by atoms with Crippen LogP contribution in [0, 0.1) is 0 Å². The fraction of sp³-hybridized carbons (Fsp3) is 0.625. The molecule has 4 atom stereocenters. The number of hydrogen-bond donors (Lipinski definition) is 0. The van der Waals surface area contributed by atoms with Crippen LogP contribution in [0.2, 0.25) is 0 Å². The second-order valence-electron chi connectivity index (χ2n) is 6.49. The third-order valence-corrected chi connectivity index (χ3v) is 7.31. The van der Waals surface area contributed by atoms with E-state index in [4.69, 9.17) is 15.8 Å². The molecule has 22 heavy (non-hydrogen) atoms. The average Bonchev–Trinajstić information content (AvgIpc) is 2.98. The van der Waals surface area contributed by atoms with Crippen molar-refractivity contribution in [3.8, 4) is 0 Å². The Balaban J connectivity index is 1.56. The number of nitrogens with zero attached hydrogens (tertiary/aromatic N) is 1. The summed E-state index contributed by atoms with van der Waals surface area (Å²) in [6.07, 6.45) is 3.30. The van der Waals surface area contributed by atoms with Gasteiger partial charge in [-0.25, -0.2) is 0 Å². The maximum Gasteiger partial charge on any atom is 0.338 e. The van der Waals surface area contributed by atoms with Crippen molar-refractivity contribution < 1.29 is 12.6 Å². The van der Waals surface area contributed by atoms with Crippen LogP contribution in [0.25, 0.3) is 0 Å². The van der Waals surface area contributed by atoms with E-state index in [1.807, 2.05) is 12.1 Å². The highest BCUT2D eigenvalue weighted by molar-refractivity contribution is 7.84. The van der Waals surface area contributed by atoms with E-state index in [1.54, 1.807) is 0 Å². The first-order chi connectivity index (χ1) is 10.6. The molecule has 1 aromatic rings. The van der Waals surface area contributed by atoms with Gasteiger partial charge < -0.3 is 0 Å². The minimum Gasteiger partial charge on any atom is -0.254 e. The van der Waals surface area contributed by atoms with E-state index >= 15 is 0 Å².